The Kier molecular flexibility index (Phi) is 7.62. The molecule has 0 spiro atoms. The molecule has 0 aliphatic carbocycles. The number of methoxy groups -OCH3 is 2. The molecule has 1 heterocycles. The molecule has 1 saturated heterocycles. The molecule has 0 bridgehead atoms. The number of urea groups is 1. The monoisotopic (exact) mass is 501 g/mol. The lowest BCUT2D eigenvalue weighted by Gasteiger charge is -2.22. The quantitative estimate of drug-likeness (QED) is 0.355. The summed E-state index contributed by atoms with van der Waals surface area (Å²) < 4.78 is 10.5. The van der Waals surface area contributed by atoms with E-state index in [2.05, 4.69) is 16.0 Å². The normalized spacial score (nSPS) is 16.8. The van der Waals surface area contributed by atoms with Gasteiger partial charge in [-0.1, -0.05) is 42.5 Å². The summed E-state index contributed by atoms with van der Waals surface area (Å²) in [4.78, 5) is 27.0. The highest BCUT2D eigenvalue weighted by molar-refractivity contribution is 6.07. The Morgan fingerprint density at radius 3 is 2.30 bits per heavy atom. The van der Waals surface area contributed by atoms with E-state index >= 15 is 0 Å². The van der Waals surface area contributed by atoms with Gasteiger partial charge >= 0.3 is 6.03 Å². The summed E-state index contributed by atoms with van der Waals surface area (Å²) in [7, 11) is 3.18. The van der Waals surface area contributed by atoms with Crippen molar-refractivity contribution in [2.45, 2.75) is 32.0 Å². The van der Waals surface area contributed by atoms with E-state index in [1.54, 1.807) is 38.5 Å². The minimum Gasteiger partial charge on any atom is -0.497 e. The molecule has 0 radical (unpaired) electrons. The van der Waals surface area contributed by atoms with Gasteiger partial charge in [-0.25, -0.2) is 4.79 Å². The standard InChI is InChI=1S/C28H31N5O4/c1-28(16-21-6-4-8-23(14-21)36-2)25(34)33(26(29)32-28)18-20-12-10-19(11-13-20)17-30-27(35)31-22-7-5-9-24(15-22)37-3/h4-15H,16-18H2,1-3H3,(H2,29,32)(H2,30,31,35). The maximum atomic E-state index is 13.3. The van der Waals surface area contributed by atoms with Crippen LogP contribution in [0.15, 0.2) is 72.8 Å². The molecule has 0 saturated carbocycles. The van der Waals surface area contributed by atoms with Crippen molar-refractivity contribution in [1.82, 2.24) is 15.5 Å². The van der Waals surface area contributed by atoms with Crippen molar-refractivity contribution in [2.75, 3.05) is 19.5 Å². The average molecular weight is 502 g/mol. The Hall–Kier alpha value is -4.53. The molecule has 9 heteroatoms. The Morgan fingerprint density at radius 2 is 1.59 bits per heavy atom. The Balaban J connectivity index is 1.32. The summed E-state index contributed by atoms with van der Waals surface area (Å²) in [5, 5.41) is 17.0. The smallest absolute Gasteiger partial charge is 0.319 e. The molecule has 4 rings (SSSR count). The SMILES string of the molecule is COc1cccc(CC2(C)NC(=N)N(Cc3ccc(CNC(=O)Nc4cccc(OC)c4)cc3)C2=O)c1. The third-order valence-electron chi connectivity index (χ3n) is 6.22. The van der Waals surface area contributed by atoms with Crippen molar-refractivity contribution >= 4 is 23.6 Å². The van der Waals surface area contributed by atoms with Gasteiger partial charge in [-0.2, -0.15) is 0 Å². The number of carbonyl (C=O) groups excluding carboxylic acids is 2. The number of nitrogens with one attached hydrogen (secondary N) is 4. The number of carbonyl (C=O) groups is 2. The van der Waals surface area contributed by atoms with Gasteiger partial charge in [-0.05, 0) is 47.9 Å². The zero-order valence-electron chi connectivity index (χ0n) is 21.1. The van der Waals surface area contributed by atoms with Crippen molar-refractivity contribution in [1.29, 1.82) is 5.41 Å². The number of benzene rings is 3. The second kappa shape index (κ2) is 11.0. The van der Waals surface area contributed by atoms with E-state index in [9.17, 15) is 9.59 Å². The average Bonchev–Trinajstić information content (AvgIpc) is 3.10. The molecule has 1 aliphatic rings. The second-order valence-electron chi connectivity index (χ2n) is 9.08. The fourth-order valence-electron chi connectivity index (χ4n) is 4.25. The van der Waals surface area contributed by atoms with Gasteiger partial charge in [0.15, 0.2) is 5.96 Å². The van der Waals surface area contributed by atoms with E-state index in [0.717, 1.165) is 22.4 Å². The first-order valence-electron chi connectivity index (χ1n) is 11.9. The number of hydrogen-bond donors (Lipinski definition) is 4. The Bertz CT molecular complexity index is 1290. The zero-order chi connectivity index (χ0) is 26.4. The molecule has 9 nitrogen and oxygen atoms in total. The molecule has 0 aromatic heterocycles. The van der Waals surface area contributed by atoms with Gasteiger partial charge < -0.3 is 25.4 Å². The molecule has 4 N–H and O–H groups in total. The third kappa shape index (κ3) is 6.19. The van der Waals surface area contributed by atoms with Gasteiger partial charge in [0.05, 0.1) is 20.8 Å². The van der Waals surface area contributed by atoms with Crippen LogP contribution in [0.1, 0.15) is 23.6 Å². The van der Waals surface area contributed by atoms with Crippen LogP contribution < -0.4 is 25.4 Å². The first-order valence-corrected chi connectivity index (χ1v) is 11.9. The van der Waals surface area contributed by atoms with E-state index < -0.39 is 5.54 Å². The fourth-order valence-corrected chi connectivity index (χ4v) is 4.25. The van der Waals surface area contributed by atoms with Crippen LogP contribution in [0, 0.1) is 5.41 Å². The zero-order valence-corrected chi connectivity index (χ0v) is 21.1. The topological polar surface area (TPSA) is 116 Å². The van der Waals surface area contributed by atoms with E-state index in [-0.39, 0.29) is 24.4 Å². The summed E-state index contributed by atoms with van der Waals surface area (Å²) >= 11 is 0. The summed E-state index contributed by atoms with van der Waals surface area (Å²) in [5.74, 6) is 1.32. The number of rotatable bonds is 9. The van der Waals surface area contributed by atoms with Gasteiger partial charge in [0.25, 0.3) is 5.91 Å². The van der Waals surface area contributed by atoms with E-state index in [1.165, 1.54) is 4.90 Å². The molecule has 37 heavy (non-hydrogen) atoms. The predicted molar refractivity (Wildman–Crippen MR) is 142 cm³/mol. The van der Waals surface area contributed by atoms with Crippen molar-refractivity contribution in [3.63, 3.8) is 0 Å². The van der Waals surface area contributed by atoms with E-state index in [1.807, 2.05) is 55.5 Å². The molecular formula is C28H31N5O4. The van der Waals surface area contributed by atoms with Gasteiger partial charge in [0.1, 0.15) is 17.0 Å². The molecule has 1 fully saturated rings. The van der Waals surface area contributed by atoms with Crippen LogP contribution in [-0.2, 0) is 24.3 Å². The minimum atomic E-state index is -0.913. The molecule has 1 atom stereocenters. The van der Waals surface area contributed by atoms with Crippen LogP contribution in [-0.4, -0.2) is 42.6 Å². The van der Waals surface area contributed by atoms with Crippen LogP contribution in [0.2, 0.25) is 0 Å². The van der Waals surface area contributed by atoms with Crippen molar-refractivity contribution in [3.05, 3.63) is 89.5 Å². The highest BCUT2D eigenvalue weighted by Crippen LogP contribution is 2.25. The first-order chi connectivity index (χ1) is 17.8. The number of anilines is 1. The van der Waals surface area contributed by atoms with Gasteiger partial charge in [-0.3, -0.25) is 15.1 Å². The molecule has 192 valence electrons. The highest BCUT2D eigenvalue weighted by atomic mass is 16.5. The highest BCUT2D eigenvalue weighted by Gasteiger charge is 2.45. The fraction of sp³-hybridized carbons (Fsp3) is 0.250. The molecule has 3 aromatic carbocycles. The minimum absolute atomic E-state index is 0.0790. The number of hydrogen-bond acceptors (Lipinski definition) is 5. The van der Waals surface area contributed by atoms with E-state index in [4.69, 9.17) is 14.9 Å². The largest absolute Gasteiger partial charge is 0.497 e. The molecule has 1 unspecified atom stereocenters. The predicted octanol–water partition coefficient (Wildman–Crippen LogP) is 3.89. The molecule has 3 amide bonds. The van der Waals surface area contributed by atoms with E-state index in [0.29, 0.717) is 24.4 Å². The summed E-state index contributed by atoms with van der Waals surface area (Å²) in [6.45, 7) is 2.44. The number of nitrogens with zero attached hydrogens (tertiary/aromatic N) is 1. The Morgan fingerprint density at radius 1 is 0.946 bits per heavy atom. The number of guanidine groups is 1. The van der Waals surface area contributed by atoms with Gasteiger partial charge in [-0.15, -0.1) is 0 Å². The molecule has 3 aromatic rings. The van der Waals surface area contributed by atoms with Crippen LogP contribution in [0.25, 0.3) is 0 Å². The lowest BCUT2D eigenvalue weighted by Crippen LogP contribution is -2.46. The molecule has 1 aliphatic heterocycles. The maximum Gasteiger partial charge on any atom is 0.319 e. The van der Waals surface area contributed by atoms with Crippen molar-refractivity contribution < 1.29 is 19.1 Å². The Labute approximate surface area is 216 Å². The van der Waals surface area contributed by atoms with Gasteiger partial charge in [0.2, 0.25) is 0 Å². The maximum absolute atomic E-state index is 13.3. The van der Waals surface area contributed by atoms with Crippen molar-refractivity contribution in [3.8, 4) is 11.5 Å². The summed E-state index contributed by atoms with van der Waals surface area (Å²) in [5.41, 5.74) is 2.47. The van der Waals surface area contributed by atoms with Crippen LogP contribution >= 0.6 is 0 Å². The lowest BCUT2D eigenvalue weighted by molar-refractivity contribution is -0.130. The van der Waals surface area contributed by atoms with Crippen LogP contribution in [0.5, 0.6) is 11.5 Å². The first kappa shape index (κ1) is 25.6. The lowest BCUT2D eigenvalue weighted by atomic mass is 9.92. The van der Waals surface area contributed by atoms with Crippen LogP contribution in [0.4, 0.5) is 10.5 Å². The third-order valence-corrected chi connectivity index (χ3v) is 6.22. The van der Waals surface area contributed by atoms with Crippen LogP contribution in [0.3, 0.4) is 0 Å². The number of amides is 3. The second-order valence-corrected chi connectivity index (χ2v) is 9.08. The summed E-state index contributed by atoms with van der Waals surface area (Å²) in [6, 6.07) is 22.0. The summed E-state index contributed by atoms with van der Waals surface area (Å²) in [6.07, 6.45) is 0.435. The molecular weight excluding hydrogens is 470 g/mol. The number of ether oxygens (including phenoxy) is 2. The van der Waals surface area contributed by atoms with Crippen molar-refractivity contribution in [2.24, 2.45) is 0 Å². The van der Waals surface area contributed by atoms with Gasteiger partial charge in [0, 0.05) is 24.7 Å².